The molecule has 1 heterocycles. The average molecular weight is 363 g/mol. The van der Waals surface area contributed by atoms with Gasteiger partial charge >= 0.3 is 6.18 Å². The minimum absolute atomic E-state index is 0.00460. The summed E-state index contributed by atoms with van der Waals surface area (Å²) in [7, 11) is 0. The van der Waals surface area contributed by atoms with Gasteiger partial charge in [-0.1, -0.05) is 0 Å². The number of amides is 1. The first-order valence-electron chi connectivity index (χ1n) is 5.83. The van der Waals surface area contributed by atoms with Crippen LogP contribution in [0.25, 0.3) is 0 Å². The number of hydrogen-bond acceptors (Lipinski definition) is 3. The summed E-state index contributed by atoms with van der Waals surface area (Å²) in [5, 5.41) is 2.46. The average Bonchev–Trinajstić information content (AvgIpc) is 2.81. The molecule has 0 aliphatic heterocycles. The van der Waals surface area contributed by atoms with Gasteiger partial charge in [0.2, 0.25) is 5.89 Å². The van der Waals surface area contributed by atoms with E-state index in [1.165, 1.54) is 12.3 Å². The Morgan fingerprint density at radius 1 is 1.43 bits per heavy atom. The molecule has 0 spiro atoms. The second kappa shape index (κ2) is 5.88. The van der Waals surface area contributed by atoms with Crippen LogP contribution in [0.3, 0.4) is 0 Å². The Bertz CT molecular complexity index is 668. The first kappa shape index (κ1) is 15.6. The summed E-state index contributed by atoms with van der Waals surface area (Å²) in [6, 6.07) is 2.88. The molecule has 0 aliphatic rings. The fourth-order valence-corrected chi connectivity index (χ4v) is 2.04. The smallest absolute Gasteiger partial charge is 0.416 e. The maximum absolute atomic E-state index is 12.6. The van der Waals surface area contributed by atoms with Crippen molar-refractivity contribution in [3.05, 3.63) is 51.6 Å². The zero-order chi connectivity index (χ0) is 15.6. The number of oxazole rings is 1. The molecular formula is C13H10BrF3N2O2. The largest absolute Gasteiger partial charge is 0.444 e. The summed E-state index contributed by atoms with van der Waals surface area (Å²) in [5.74, 6) is 0.215. The van der Waals surface area contributed by atoms with Crippen molar-refractivity contribution in [3.63, 3.8) is 0 Å². The highest BCUT2D eigenvalue weighted by Gasteiger charge is 2.31. The second-order valence-electron chi connectivity index (χ2n) is 4.24. The summed E-state index contributed by atoms with van der Waals surface area (Å²) in [6.45, 7) is 1.69. The Balaban J connectivity index is 2.15. The van der Waals surface area contributed by atoms with E-state index in [4.69, 9.17) is 4.42 Å². The number of aryl methyl sites for hydroxylation is 1. The number of carbonyl (C=O) groups is 1. The summed E-state index contributed by atoms with van der Waals surface area (Å²) in [4.78, 5) is 15.8. The monoisotopic (exact) mass is 362 g/mol. The highest BCUT2D eigenvalue weighted by atomic mass is 79.9. The molecule has 8 heteroatoms. The van der Waals surface area contributed by atoms with Crippen molar-refractivity contribution in [1.29, 1.82) is 0 Å². The van der Waals surface area contributed by atoms with Crippen LogP contribution in [-0.2, 0) is 12.7 Å². The van der Waals surface area contributed by atoms with Gasteiger partial charge in [-0.3, -0.25) is 4.79 Å². The Kier molecular flexibility index (Phi) is 4.36. The van der Waals surface area contributed by atoms with Crippen LogP contribution in [-0.4, -0.2) is 10.9 Å². The molecule has 1 aromatic carbocycles. The molecule has 112 valence electrons. The zero-order valence-corrected chi connectivity index (χ0v) is 12.4. The molecule has 0 radical (unpaired) electrons. The second-order valence-corrected chi connectivity index (χ2v) is 5.09. The molecule has 0 bridgehead atoms. The first-order valence-corrected chi connectivity index (χ1v) is 6.63. The van der Waals surface area contributed by atoms with E-state index in [0.29, 0.717) is 5.76 Å². The van der Waals surface area contributed by atoms with Crippen molar-refractivity contribution >= 4 is 21.8 Å². The van der Waals surface area contributed by atoms with Gasteiger partial charge in [0.1, 0.15) is 5.76 Å². The molecule has 1 aromatic heterocycles. The lowest BCUT2D eigenvalue weighted by Gasteiger charge is -2.10. The van der Waals surface area contributed by atoms with Crippen molar-refractivity contribution in [2.45, 2.75) is 19.6 Å². The lowest BCUT2D eigenvalue weighted by Crippen LogP contribution is -2.24. The maximum Gasteiger partial charge on any atom is 0.416 e. The lowest BCUT2D eigenvalue weighted by molar-refractivity contribution is -0.137. The quantitative estimate of drug-likeness (QED) is 0.905. The minimum Gasteiger partial charge on any atom is -0.444 e. The predicted octanol–water partition coefficient (Wildman–Crippen LogP) is 3.69. The van der Waals surface area contributed by atoms with Crippen LogP contribution >= 0.6 is 15.9 Å². The normalized spacial score (nSPS) is 11.5. The standard InChI is InChI=1S/C13H10BrF3N2O2/c1-7-5-18-11(21-7)6-19-12(20)9-4-8(13(15,16)17)2-3-10(9)14/h2-5H,6H2,1H3,(H,19,20). The van der Waals surface area contributed by atoms with Gasteiger partial charge in [0.05, 0.1) is 23.9 Å². The molecule has 0 unspecified atom stereocenters. The number of alkyl halides is 3. The number of aromatic nitrogens is 1. The lowest BCUT2D eigenvalue weighted by atomic mass is 10.1. The van der Waals surface area contributed by atoms with Crippen LogP contribution in [0.1, 0.15) is 27.6 Å². The molecule has 21 heavy (non-hydrogen) atoms. The van der Waals surface area contributed by atoms with E-state index < -0.39 is 17.6 Å². The van der Waals surface area contributed by atoms with E-state index in [2.05, 4.69) is 26.2 Å². The van der Waals surface area contributed by atoms with Crippen LogP contribution in [0.15, 0.2) is 33.3 Å². The number of hydrogen-bond donors (Lipinski definition) is 1. The van der Waals surface area contributed by atoms with Crippen molar-refractivity contribution in [2.24, 2.45) is 0 Å². The summed E-state index contributed by atoms with van der Waals surface area (Å²) >= 11 is 3.06. The van der Waals surface area contributed by atoms with Crippen LogP contribution in [0.5, 0.6) is 0 Å². The van der Waals surface area contributed by atoms with Gasteiger partial charge in [-0.2, -0.15) is 13.2 Å². The van der Waals surface area contributed by atoms with E-state index in [9.17, 15) is 18.0 Å². The number of benzene rings is 1. The molecular weight excluding hydrogens is 353 g/mol. The highest BCUT2D eigenvalue weighted by Crippen LogP contribution is 2.31. The highest BCUT2D eigenvalue weighted by molar-refractivity contribution is 9.10. The molecule has 0 aliphatic carbocycles. The Labute approximate surface area is 126 Å². The SMILES string of the molecule is Cc1cnc(CNC(=O)c2cc(C(F)(F)F)ccc2Br)o1. The summed E-state index contributed by atoms with van der Waals surface area (Å²) in [6.07, 6.45) is -3.02. The molecule has 0 saturated heterocycles. The number of nitrogens with zero attached hydrogens (tertiary/aromatic N) is 1. The molecule has 2 aromatic rings. The molecule has 4 nitrogen and oxygen atoms in total. The molecule has 0 atom stereocenters. The van der Waals surface area contributed by atoms with Gasteiger partial charge in [0, 0.05) is 4.47 Å². The molecule has 0 saturated carbocycles. The van der Waals surface area contributed by atoms with Crippen molar-refractivity contribution < 1.29 is 22.4 Å². The third-order valence-corrected chi connectivity index (χ3v) is 3.30. The van der Waals surface area contributed by atoms with Gasteiger partial charge in [-0.05, 0) is 41.1 Å². The van der Waals surface area contributed by atoms with Crippen molar-refractivity contribution in [3.8, 4) is 0 Å². The Hall–Kier alpha value is -1.83. The number of halogens is 4. The summed E-state index contributed by atoms with van der Waals surface area (Å²) < 4.78 is 43.4. The van der Waals surface area contributed by atoms with E-state index in [0.717, 1.165) is 12.1 Å². The number of nitrogens with one attached hydrogen (secondary N) is 1. The minimum atomic E-state index is -4.50. The Morgan fingerprint density at radius 3 is 2.71 bits per heavy atom. The fraction of sp³-hybridized carbons (Fsp3) is 0.231. The molecule has 0 fully saturated rings. The maximum atomic E-state index is 12.6. The van der Waals surface area contributed by atoms with Crippen LogP contribution in [0.2, 0.25) is 0 Å². The van der Waals surface area contributed by atoms with E-state index in [1.54, 1.807) is 6.92 Å². The van der Waals surface area contributed by atoms with E-state index in [-0.39, 0.29) is 22.5 Å². The van der Waals surface area contributed by atoms with Crippen LogP contribution in [0, 0.1) is 6.92 Å². The van der Waals surface area contributed by atoms with Crippen LogP contribution in [0.4, 0.5) is 13.2 Å². The van der Waals surface area contributed by atoms with Gasteiger partial charge in [-0.25, -0.2) is 4.98 Å². The number of carbonyl (C=O) groups excluding carboxylic acids is 1. The zero-order valence-electron chi connectivity index (χ0n) is 10.8. The predicted molar refractivity (Wildman–Crippen MR) is 71.6 cm³/mol. The summed E-state index contributed by atoms with van der Waals surface area (Å²) in [5.41, 5.74) is -0.990. The van der Waals surface area contributed by atoms with Crippen molar-refractivity contribution in [2.75, 3.05) is 0 Å². The van der Waals surface area contributed by atoms with E-state index in [1.807, 2.05) is 0 Å². The topological polar surface area (TPSA) is 55.1 Å². The van der Waals surface area contributed by atoms with Gasteiger partial charge in [0.25, 0.3) is 5.91 Å². The van der Waals surface area contributed by atoms with Gasteiger partial charge in [0.15, 0.2) is 0 Å². The number of rotatable bonds is 3. The third kappa shape index (κ3) is 3.84. The first-order chi connectivity index (χ1) is 9.77. The molecule has 1 amide bonds. The fourth-order valence-electron chi connectivity index (χ4n) is 1.61. The van der Waals surface area contributed by atoms with Crippen LogP contribution < -0.4 is 5.32 Å². The Morgan fingerprint density at radius 2 is 2.14 bits per heavy atom. The van der Waals surface area contributed by atoms with Gasteiger partial charge < -0.3 is 9.73 Å². The third-order valence-electron chi connectivity index (χ3n) is 2.61. The van der Waals surface area contributed by atoms with Crippen molar-refractivity contribution in [1.82, 2.24) is 10.3 Å². The molecule has 2 rings (SSSR count). The molecule has 1 N–H and O–H groups in total. The van der Waals surface area contributed by atoms with E-state index >= 15 is 0 Å². The van der Waals surface area contributed by atoms with Gasteiger partial charge in [-0.15, -0.1) is 0 Å².